The van der Waals surface area contributed by atoms with Gasteiger partial charge in [-0.05, 0) is 19.8 Å². The molecule has 0 aromatic carbocycles. The zero-order chi connectivity index (χ0) is 10.6. The minimum absolute atomic E-state index is 0.115. The van der Waals surface area contributed by atoms with E-state index in [1.807, 2.05) is 13.8 Å². The Morgan fingerprint density at radius 2 is 1.77 bits per heavy atom. The number of hydrogen-bond acceptors (Lipinski definition) is 3. The van der Waals surface area contributed by atoms with Gasteiger partial charge < -0.3 is 0 Å². The number of carbonyl (C=O) groups excluding carboxylic acids is 1. The van der Waals surface area contributed by atoms with Gasteiger partial charge in [-0.25, -0.2) is 8.42 Å². The molecule has 0 spiro atoms. The summed E-state index contributed by atoms with van der Waals surface area (Å²) in [6.45, 7) is 6.60. The second-order valence-corrected chi connectivity index (χ2v) is 5.96. The maximum Gasteiger partial charge on any atom is 0.160 e. The average Bonchev–Trinajstić information content (AvgIpc) is 2.01. The maximum absolute atomic E-state index is 11.5. The minimum atomic E-state index is -3.22. The van der Waals surface area contributed by atoms with Crippen LogP contribution in [0.3, 0.4) is 0 Å². The molecule has 3 nitrogen and oxygen atoms in total. The van der Waals surface area contributed by atoms with Crippen molar-refractivity contribution in [2.24, 2.45) is 5.92 Å². The fourth-order valence-electron chi connectivity index (χ4n) is 0.912. The number of hydrogen-bond donors (Lipinski definition) is 0. The highest BCUT2D eigenvalue weighted by Gasteiger charge is 2.26. The summed E-state index contributed by atoms with van der Waals surface area (Å²) in [6.07, 6.45) is 0.823. The summed E-state index contributed by atoms with van der Waals surface area (Å²) in [5.74, 6) is -0.0281. The van der Waals surface area contributed by atoms with Crippen molar-refractivity contribution in [3.05, 3.63) is 0 Å². The summed E-state index contributed by atoms with van der Waals surface area (Å²) < 4.78 is 23.0. The van der Waals surface area contributed by atoms with Gasteiger partial charge in [0.1, 0.15) is 11.0 Å². The summed E-state index contributed by atoms with van der Waals surface area (Å²) in [4.78, 5) is 10.9. The van der Waals surface area contributed by atoms with E-state index in [2.05, 4.69) is 0 Å². The lowest BCUT2D eigenvalue weighted by molar-refractivity contribution is -0.116. The van der Waals surface area contributed by atoms with Gasteiger partial charge in [0.25, 0.3) is 0 Å². The Labute approximate surface area is 80.4 Å². The van der Waals surface area contributed by atoms with Crippen molar-refractivity contribution in [2.45, 2.75) is 39.4 Å². The first-order valence-electron chi connectivity index (χ1n) is 4.53. The molecule has 2 unspecified atom stereocenters. The molecule has 4 heteroatoms. The predicted molar refractivity (Wildman–Crippen MR) is 53.4 cm³/mol. The summed E-state index contributed by atoms with van der Waals surface area (Å²) >= 11 is 0. The maximum atomic E-state index is 11.5. The van der Waals surface area contributed by atoms with Gasteiger partial charge in [-0.3, -0.25) is 4.79 Å². The second kappa shape index (κ2) is 4.74. The number of carbonyl (C=O) groups is 1. The van der Waals surface area contributed by atoms with Crippen LogP contribution in [-0.2, 0) is 14.6 Å². The molecule has 0 aliphatic rings. The Balaban J connectivity index is 4.50. The molecule has 0 saturated carbocycles. The molecular formula is C9H18O3S. The molecule has 13 heavy (non-hydrogen) atoms. The molecule has 2 atom stereocenters. The SMILES string of the molecule is CCC(C)CS(=O)(=O)C(C)C(C)=O. The first-order valence-corrected chi connectivity index (χ1v) is 6.24. The molecular weight excluding hydrogens is 188 g/mol. The molecule has 0 aliphatic heterocycles. The Hall–Kier alpha value is -0.380. The molecule has 0 aliphatic carbocycles. The normalized spacial score (nSPS) is 16.6. The highest BCUT2D eigenvalue weighted by molar-refractivity contribution is 7.92. The van der Waals surface area contributed by atoms with E-state index in [0.717, 1.165) is 6.42 Å². The van der Waals surface area contributed by atoms with Gasteiger partial charge in [0, 0.05) is 0 Å². The molecule has 0 amide bonds. The van der Waals surface area contributed by atoms with E-state index in [9.17, 15) is 13.2 Å². The van der Waals surface area contributed by atoms with Crippen LogP contribution in [0.15, 0.2) is 0 Å². The number of sulfone groups is 1. The highest BCUT2D eigenvalue weighted by atomic mass is 32.2. The van der Waals surface area contributed by atoms with Crippen LogP contribution in [0.25, 0.3) is 0 Å². The zero-order valence-electron chi connectivity index (χ0n) is 8.70. The largest absolute Gasteiger partial charge is 0.299 e. The van der Waals surface area contributed by atoms with E-state index in [1.165, 1.54) is 13.8 Å². The van der Waals surface area contributed by atoms with Gasteiger partial charge >= 0.3 is 0 Å². The first-order chi connectivity index (χ1) is 5.81. The fraction of sp³-hybridized carbons (Fsp3) is 0.889. The lowest BCUT2D eigenvalue weighted by atomic mass is 10.2. The van der Waals surface area contributed by atoms with E-state index in [4.69, 9.17) is 0 Å². The molecule has 0 heterocycles. The van der Waals surface area contributed by atoms with Crippen LogP contribution in [0.1, 0.15) is 34.1 Å². The lowest BCUT2D eigenvalue weighted by Crippen LogP contribution is -2.29. The quantitative estimate of drug-likeness (QED) is 0.683. The summed E-state index contributed by atoms with van der Waals surface area (Å²) in [6, 6.07) is 0. The van der Waals surface area contributed by atoms with Crippen molar-refractivity contribution in [1.29, 1.82) is 0 Å². The van der Waals surface area contributed by atoms with Gasteiger partial charge in [0.05, 0.1) is 5.75 Å². The molecule has 0 aromatic rings. The minimum Gasteiger partial charge on any atom is -0.299 e. The van der Waals surface area contributed by atoms with Crippen LogP contribution in [0.4, 0.5) is 0 Å². The second-order valence-electron chi connectivity index (χ2n) is 3.60. The molecule has 0 N–H and O–H groups in total. The molecule has 0 fully saturated rings. The van der Waals surface area contributed by atoms with E-state index in [1.54, 1.807) is 0 Å². The van der Waals surface area contributed by atoms with Crippen molar-refractivity contribution >= 4 is 15.6 Å². The van der Waals surface area contributed by atoms with Crippen LogP contribution in [-0.4, -0.2) is 25.2 Å². The Kier molecular flexibility index (Phi) is 4.61. The van der Waals surface area contributed by atoms with Crippen molar-refractivity contribution in [3.8, 4) is 0 Å². The Morgan fingerprint density at radius 3 is 2.08 bits per heavy atom. The van der Waals surface area contributed by atoms with Crippen LogP contribution < -0.4 is 0 Å². The fourth-order valence-corrected chi connectivity index (χ4v) is 2.73. The number of Topliss-reactive ketones (excluding diaryl/α,β-unsaturated/α-hetero) is 1. The van der Waals surface area contributed by atoms with E-state index in [0.29, 0.717) is 0 Å². The van der Waals surface area contributed by atoms with Crippen LogP contribution in [0.5, 0.6) is 0 Å². The Bertz CT molecular complexity index is 267. The van der Waals surface area contributed by atoms with Gasteiger partial charge in [-0.15, -0.1) is 0 Å². The molecule has 0 rings (SSSR count). The zero-order valence-corrected chi connectivity index (χ0v) is 9.52. The number of ketones is 1. The monoisotopic (exact) mass is 206 g/mol. The van der Waals surface area contributed by atoms with Gasteiger partial charge in [-0.2, -0.15) is 0 Å². The topological polar surface area (TPSA) is 51.2 Å². The van der Waals surface area contributed by atoms with Gasteiger partial charge in [-0.1, -0.05) is 20.3 Å². The molecule has 0 aromatic heterocycles. The molecule has 0 saturated heterocycles. The smallest absolute Gasteiger partial charge is 0.160 e. The third-order valence-electron chi connectivity index (χ3n) is 2.32. The van der Waals surface area contributed by atoms with E-state index < -0.39 is 15.1 Å². The van der Waals surface area contributed by atoms with Crippen molar-refractivity contribution in [3.63, 3.8) is 0 Å². The van der Waals surface area contributed by atoms with Crippen LogP contribution in [0.2, 0.25) is 0 Å². The summed E-state index contributed by atoms with van der Waals surface area (Å²) in [5, 5.41) is -0.846. The first kappa shape index (κ1) is 12.6. The molecule has 0 radical (unpaired) electrons. The third kappa shape index (κ3) is 3.89. The van der Waals surface area contributed by atoms with Crippen molar-refractivity contribution in [2.75, 3.05) is 5.75 Å². The summed E-state index contributed by atoms with van der Waals surface area (Å²) in [5.41, 5.74) is 0. The highest BCUT2D eigenvalue weighted by Crippen LogP contribution is 2.11. The predicted octanol–water partition coefficient (Wildman–Crippen LogP) is 1.42. The van der Waals surface area contributed by atoms with Gasteiger partial charge in [0.2, 0.25) is 0 Å². The van der Waals surface area contributed by atoms with Gasteiger partial charge in [0.15, 0.2) is 9.84 Å². The molecule has 0 bridgehead atoms. The van der Waals surface area contributed by atoms with Crippen LogP contribution in [0, 0.1) is 5.92 Å². The van der Waals surface area contributed by atoms with Crippen molar-refractivity contribution < 1.29 is 13.2 Å². The van der Waals surface area contributed by atoms with Crippen LogP contribution >= 0.6 is 0 Å². The molecule has 78 valence electrons. The standard InChI is InChI=1S/C9H18O3S/c1-5-7(2)6-13(11,12)9(4)8(3)10/h7,9H,5-6H2,1-4H3. The summed E-state index contributed by atoms with van der Waals surface area (Å²) in [7, 11) is -3.22. The average molecular weight is 206 g/mol. The third-order valence-corrected chi connectivity index (χ3v) is 4.77. The number of rotatable bonds is 5. The van der Waals surface area contributed by atoms with E-state index >= 15 is 0 Å². The Morgan fingerprint density at radius 1 is 1.31 bits per heavy atom. The van der Waals surface area contributed by atoms with E-state index in [-0.39, 0.29) is 17.5 Å². The lowest BCUT2D eigenvalue weighted by Gasteiger charge is -2.13. The van der Waals surface area contributed by atoms with Crippen molar-refractivity contribution in [1.82, 2.24) is 0 Å².